The first-order chi connectivity index (χ1) is 4.83. The highest BCUT2D eigenvalue weighted by molar-refractivity contribution is 7.52. The molecule has 3 nitrogen and oxygen atoms in total. The number of hydrogen-bond donors (Lipinski definition) is 1. The fraction of sp³-hybridized carbons (Fsp3) is 1.00. The van der Waals surface area contributed by atoms with Crippen LogP contribution in [0.3, 0.4) is 0 Å². The summed E-state index contributed by atoms with van der Waals surface area (Å²) in [5, 5.41) is 7.57. The molecule has 0 rings (SSSR count). The molecule has 0 fully saturated rings. The Morgan fingerprint density at radius 3 is 1.91 bits per heavy atom. The molecule has 0 aliphatic carbocycles. The van der Waals surface area contributed by atoms with Crippen molar-refractivity contribution >= 4 is 7.68 Å². The molecule has 1 atom stereocenters. The zero-order chi connectivity index (χ0) is 9.49. The first-order valence-electron chi connectivity index (χ1n) is 3.40. The van der Waals surface area contributed by atoms with E-state index in [9.17, 15) is 8.76 Å². The first kappa shape index (κ1) is 13.7. The number of halogens is 1. The van der Waals surface area contributed by atoms with Gasteiger partial charge in [-0.15, -0.1) is 0 Å². The predicted molar refractivity (Wildman–Crippen MR) is 43.6 cm³/mol. The van der Waals surface area contributed by atoms with Crippen LogP contribution in [0.4, 0.5) is 4.20 Å². The molecule has 70 valence electrons. The molecule has 0 bridgehead atoms. The number of hydrogen-bond acceptors (Lipinski definition) is 3. The highest BCUT2D eigenvalue weighted by atomic mass is 31.2. The van der Waals surface area contributed by atoms with Crippen LogP contribution >= 0.6 is 7.68 Å². The highest BCUT2D eigenvalue weighted by Crippen LogP contribution is 2.44. The second-order valence-electron chi connectivity index (χ2n) is 2.22. The fourth-order valence-corrected chi connectivity index (χ4v) is 1.13. The summed E-state index contributed by atoms with van der Waals surface area (Å²) in [6, 6.07) is 0. The average molecular weight is 186 g/mol. The minimum atomic E-state index is -3.72. The molecule has 0 aromatic heterocycles. The van der Waals surface area contributed by atoms with Crippen molar-refractivity contribution in [3.05, 3.63) is 0 Å². The Kier molecular flexibility index (Phi) is 8.40. The van der Waals surface area contributed by atoms with Crippen molar-refractivity contribution in [1.29, 1.82) is 0 Å². The van der Waals surface area contributed by atoms with Gasteiger partial charge in [0.05, 0.1) is 6.10 Å². The number of aliphatic hydroxyl groups is 1. The van der Waals surface area contributed by atoms with Crippen LogP contribution in [-0.4, -0.2) is 24.5 Å². The molecule has 0 aliphatic rings. The summed E-state index contributed by atoms with van der Waals surface area (Å²) in [7, 11) is -3.72. The molecule has 0 heterocycles. The second kappa shape index (κ2) is 6.77. The summed E-state index contributed by atoms with van der Waals surface area (Å²) in [5.41, 5.74) is 0. The molecule has 1 N–H and O–H groups in total. The summed E-state index contributed by atoms with van der Waals surface area (Å²) in [4.78, 5) is 0. The van der Waals surface area contributed by atoms with E-state index in [0.29, 0.717) is 0 Å². The van der Waals surface area contributed by atoms with Gasteiger partial charge >= 0.3 is 7.68 Å². The van der Waals surface area contributed by atoms with Crippen molar-refractivity contribution < 1.29 is 18.4 Å². The maximum absolute atomic E-state index is 12.0. The van der Waals surface area contributed by atoms with Gasteiger partial charge < -0.3 is 9.63 Å². The summed E-state index contributed by atoms with van der Waals surface area (Å²) >= 11 is 0. The van der Waals surface area contributed by atoms with Gasteiger partial charge in [-0.3, -0.25) is 4.57 Å². The Morgan fingerprint density at radius 2 is 1.91 bits per heavy atom. The van der Waals surface area contributed by atoms with Gasteiger partial charge in [0.25, 0.3) is 0 Å². The molecule has 11 heavy (non-hydrogen) atoms. The summed E-state index contributed by atoms with van der Waals surface area (Å²) in [6.07, 6.45) is -0.296. The van der Waals surface area contributed by atoms with E-state index in [1.54, 1.807) is 20.8 Å². The maximum atomic E-state index is 12.0. The van der Waals surface area contributed by atoms with E-state index in [4.69, 9.17) is 5.11 Å². The van der Waals surface area contributed by atoms with E-state index in [1.165, 1.54) is 0 Å². The van der Waals surface area contributed by atoms with Crippen molar-refractivity contribution in [3.63, 3.8) is 0 Å². The molecule has 0 saturated carbocycles. The third-order valence-electron chi connectivity index (χ3n) is 0.399. The van der Waals surface area contributed by atoms with Crippen LogP contribution in [0.5, 0.6) is 0 Å². The molecule has 0 aromatic carbocycles. The minimum Gasteiger partial charge on any atom is -0.397 e. The monoisotopic (exact) mass is 186 g/mol. The molecule has 0 spiro atoms. The Labute approximate surface area is 67.1 Å². The van der Waals surface area contributed by atoms with Crippen molar-refractivity contribution in [3.8, 4) is 0 Å². The molecular formula is C6H16FO3P. The number of aliphatic hydroxyl groups excluding tert-OH is 1. The molecule has 0 amide bonds. The third-order valence-corrected chi connectivity index (χ3v) is 1.20. The van der Waals surface area contributed by atoms with Crippen LogP contribution < -0.4 is 0 Å². The summed E-state index contributed by atoms with van der Waals surface area (Å²) < 4.78 is 26.4. The smallest absolute Gasteiger partial charge is 0.364 e. The second-order valence-corrected chi connectivity index (χ2v) is 3.92. The molecule has 5 heteroatoms. The zero-order valence-corrected chi connectivity index (χ0v) is 8.27. The van der Waals surface area contributed by atoms with E-state index < -0.39 is 7.68 Å². The summed E-state index contributed by atoms with van der Waals surface area (Å²) in [6.45, 7) is 6.15. The van der Waals surface area contributed by atoms with Crippen molar-refractivity contribution in [2.75, 3.05) is 13.3 Å². The Morgan fingerprint density at radius 1 is 1.64 bits per heavy atom. The van der Waals surface area contributed by atoms with E-state index in [1.807, 2.05) is 0 Å². The van der Waals surface area contributed by atoms with Gasteiger partial charge in [0.1, 0.15) is 0 Å². The van der Waals surface area contributed by atoms with Crippen LogP contribution in [0, 0.1) is 0 Å². The average Bonchev–Trinajstić information content (AvgIpc) is 1.57. The first-order valence-corrected chi connectivity index (χ1v) is 5.36. The molecule has 0 radical (unpaired) electrons. The van der Waals surface area contributed by atoms with Gasteiger partial charge in [-0.25, -0.2) is 0 Å². The van der Waals surface area contributed by atoms with Crippen LogP contribution in [0.2, 0.25) is 0 Å². The molecule has 1 unspecified atom stereocenters. The molecule has 0 aromatic rings. The van der Waals surface area contributed by atoms with Gasteiger partial charge in [0.2, 0.25) is 0 Å². The Bertz CT molecular complexity index is 121. The number of rotatable bonds is 2. The highest BCUT2D eigenvalue weighted by Gasteiger charge is 2.13. The van der Waals surface area contributed by atoms with Crippen LogP contribution in [0.1, 0.15) is 20.8 Å². The van der Waals surface area contributed by atoms with Crippen molar-refractivity contribution in [1.82, 2.24) is 0 Å². The van der Waals surface area contributed by atoms with Crippen LogP contribution in [-0.2, 0) is 9.09 Å². The lowest BCUT2D eigenvalue weighted by Crippen LogP contribution is -1.96. The van der Waals surface area contributed by atoms with Crippen molar-refractivity contribution in [2.24, 2.45) is 0 Å². The zero-order valence-electron chi connectivity index (χ0n) is 7.37. The molecule has 0 aliphatic heterocycles. The maximum Gasteiger partial charge on any atom is 0.364 e. The van der Waals surface area contributed by atoms with E-state index in [2.05, 4.69) is 4.52 Å². The summed E-state index contributed by atoms with van der Waals surface area (Å²) in [5.74, 6) is 0. The Hall–Kier alpha value is 0.0800. The molecular weight excluding hydrogens is 170 g/mol. The standard InChI is InChI=1S/C4H10FO2P.C2H6O/c1-4(2)7-8(3,5)6;1-2-3/h4H,1-3H3;3H,2H2,1H3. The molecule has 0 saturated heterocycles. The fourth-order valence-electron chi connectivity index (χ4n) is 0.377. The normalized spacial score (nSPS) is 15.2. The van der Waals surface area contributed by atoms with Gasteiger partial charge in [0.15, 0.2) is 0 Å². The van der Waals surface area contributed by atoms with E-state index in [-0.39, 0.29) is 12.7 Å². The third kappa shape index (κ3) is 25.5. The van der Waals surface area contributed by atoms with Gasteiger partial charge in [-0.2, -0.15) is 4.20 Å². The van der Waals surface area contributed by atoms with Gasteiger partial charge in [-0.05, 0) is 20.8 Å². The lowest BCUT2D eigenvalue weighted by molar-refractivity contribution is 0.227. The van der Waals surface area contributed by atoms with Crippen LogP contribution in [0.25, 0.3) is 0 Å². The van der Waals surface area contributed by atoms with Gasteiger partial charge in [0, 0.05) is 13.3 Å². The predicted octanol–water partition coefficient (Wildman–Crippen LogP) is 2.20. The lowest BCUT2D eigenvalue weighted by atomic mass is 10.5. The van der Waals surface area contributed by atoms with Crippen LogP contribution in [0.15, 0.2) is 0 Å². The Balaban J connectivity index is 0. The van der Waals surface area contributed by atoms with E-state index in [0.717, 1.165) is 6.66 Å². The van der Waals surface area contributed by atoms with E-state index >= 15 is 0 Å². The SMILES string of the molecule is CC(C)OP(C)(=O)F.CCO. The topological polar surface area (TPSA) is 46.5 Å². The minimum absolute atomic E-state index is 0.250. The largest absolute Gasteiger partial charge is 0.397 e. The van der Waals surface area contributed by atoms with Gasteiger partial charge in [-0.1, -0.05) is 0 Å². The lowest BCUT2D eigenvalue weighted by Gasteiger charge is -2.06. The van der Waals surface area contributed by atoms with Crippen molar-refractivity contribution in [2.45, 2.75) is 26.9 Å². The quantitative estimate of drug-likeness (QED) is 0.672.